The lowest BCUT2D eigenvalue weighted by molar-refractivity contribution is 0.468. The summed E-state index contributed by atoms with van der Waals surface area (Å²) < 4.78 is 5.93. The molecule has 1 atom stereocenters. The summed E-state index contributed by atoms with van der Waals surface area (Å²) in [7, 11) is 0. The maximum atomic E-state index is 6.09. The lowest BCUT2D eigenvalue weighted by atomic mass is 9.96. The van der Waals surface area contributed by atoms with E-state index in [-0.39, 0.29) is 5.92 Å². The van der Waals surface area contributed by atoms with Crippen LogP contribution in [0, 0.1) is 0 Å². The van der Waals surface area contributed by atoms with E-state index in [1.807, 2.05) is 12.1 Å². The van der Waals surface area contributed by atoms with Gasteiger partial charge in [-0.15, -0.1) is 0 Å². The second-order valence-electron chi connectivity index (χ2n) is 4.70. The van der Waals surface area contributed by atoms with E-state index in [4.69, 9.17) is 45.3 Å². The lowest BCUT2D eigenvalue weighted by Gasteiger charge is -2.18. The molecule has 0 aliphatic heterocycles. The van der Waals surface area contributed by atoms with Gasteiger partial charge in [-0.2, -0.15) is 0 Å². The Balaban J connectivity index is 2.36. The Kier molecular flexibility index (Phi) is 5.77. The molecule has 0 heterocycles. The summed E-state index contributed by atoms with van der Waals surface area (Å²) in [5.74, 6) is 1.55. The van der Waals surface area contributed by atoms with Crippen LogP contribution in [0.5, 0.6) is 11.5 Å². The highest BCUT2D eigenvalue weighted by Gasteiger charge is 2.15. The molecule has 0 amide bonds. The summed E-state index contributed by atoms with van der Waals surface area (Å²) in [5.41, 5.74) is 6.83. The predicted octanol–water partition coefficient (Wildman–Crippen LogP) is 5.89. The van der Waals surface area contributed by atoms with Crippen LogP contribution in [0.15, 0.2) is 36.4 Å². The topological polar surface area (TPSA) is 35.2 Å². The van der Waals surface area contributed by atoms with Gasteiger partial charge >= 0.3 is 0 Å². The van der Waals surface area contributed by atoms with Gasteiger partial charge in [-0.05, 0) is 49.2 Å². The summed E-state index contributed by atoms with van der Waals surface area (Å²) in [6.45, 7) is 2.62. The minimum absolute atomic E-state index is 0.196. The summed E-state index contributed by atoms with van der Waals surface area (Å²) in [5, 5.41) is 1.61. The normalized spacial score (nSPS) is 12.2. The van der Waals surface area contributed by atoms with Crippen molar-refractivity contribution in [3.8, 4) is 11.5 Å². The van der Waals surface area contributed by atoms with Crippen LogP contribution in [0.3, 0.4) is 0 Å². The van der Waals surface area contributed by atoms with Crippen LogP contribution >= 0.6 is 34.8 Å². The molecule has 112 valence electrons. The molecule has 0 aromatic heterocycles. The van der Waals surface area contributed by atoms with E-state index < -0.39 is 0 Å². The second kappa shape index (κ2) is 7.37. The van der Waals surface area contributed by atoms with Crippen LogP contribution in [0.4, 0.5) is 0 Å². The number of halogens is 3. The first-order valence-corrected chi connectivity index (χ1v) is 7.81. The van der Waals surface area contributed by atoms with Gasteiger partial charge in [-0.25, -0.2) is 0 Å². The summed E-state index contributed by atoms with van der Waals surface area (Å²) >= 11 is 18.0. The Bertz CT molecular complexity index is 627. The minimum Gasteiger partial charge on any atom is -0.457 e. The van der Waals surface area contributed by atoms with E-state index in [9.17, 15) is 0 Å². The van der Waals surface area contributed by atoms with Crippen LogP contribution in [-0.2, 0) is 0 Å². The molecule has 0 radical (unpaired) electrons. The summed E-state index contributed by atoms with van der Waals surface area (Å²) in [6.07, 6.45) is 0.911. The Morgan fingerprint density at radius 1 is 1.05 bits per heavy atom. The number of hydrogen-bond acceptors (Lipinski definition) is 2. The SMILES string of the molecule is CCC(CN)c1cc(Cl)ccc1Oc1ccc(Cl)c(Cl)c1. The van der Waals surface area contributed by atoms with Crippen molar-refractivity contribution in [2.75, 3.05) is 6.54 Å². The Hall–Kier alpha value is -0.930. The van der Waals surface area contributed by atoms with Gasteiger partial charge in [0.1, 0.15) is 11.5 Å². The van der Waals surface area contributed by atoms with E-state index >= 15 is 0 Å². The number of hydrogen-bond donors (Lipinski definition) is 1. The van der Waals surface area contributed by atoms with Gasteiger partial charge in [0, 0.05) is 16.7 Å². The Morgan fingerprint density at radius 2 is 1.81 bits per heavy atom. The third-order valence-corrected chi connectivity index (χ3v) is 4.28. The predicted molar refractivity (Wildman–Crippen MR) is 90.1 cm³/mol. The molecule has 0 saturated heterocycles. The molecule has 2 rings (SSSR count). The van der Waals surface area contributed by atoms with Gasteiger partial charge in [-0.1, -0.05) is 41.7 Å². The maximum Gasteiger partial charge on any atom is 0.131 e. The zero-order valence-electron chi connectivity index (χ0n) is 11.6. The third-order valence-electron chi connectivity index (χ3n) is 3.31. The average molecular weight is 345 g/mol. The molecule has 5 heteroatoms. The highest BCUT2D eigenvalue weighted by atomic mass is 35.5. The molecule has 0 aliphatic rings. The van der Waals surface area contributed by atoms with Crippen molar-refractivity contribution in [2.24, 2.45) is 5.73 Å². The lowest BCUT2D eigenvalue weighted by Crippen LogP contribution is -2.12. The van der Waals surface area contributed by atoms with Gasteiger partial charge in [0.2, 0.25) is 0 Å². The van der Waals surface area contributed by atoms with Crippen molar-refractivity contribution in [3.05, 3.63) is 57.0 Å². The zero-order chi connectivity index (χ0) is 15.4. The van der Waals surface area contributed by atoms with Crippen molar-refractivity contribution in [1.82, 2.24) is 0 Å². The average Bonchev–Trinajstić information content (AvgIpc) is 2.47. The Morgan fingerprint density at radius 3 is 2.43 bits per heavy atom. The van der Waals surface area contributed by atoms with Crippen molar-refractivity contribution in [1.29, 1.82) is 0 Å². The smallest absolute Gasteiger partial charge is 0.131 e. The van der Waals surface area contributed by atoms with Gasteiger partial charge in [0.15, 0.2) is 0 Å². The summed E-state index contributed by atoms with van der Waals surface area (Å²) in [4.78, 5) is 0. The molecular weight excluding hydrogens is 329 g/mol. The first kappa shape index (κ1) is 16.4. The Labute approximate surface area is 139 Å². The van der Waals surface area contributed by atoms with E-state index in [2.05, 4.69) is 6.92 Å². The number of nitrogens with two attached hydrogens (primary N) is 1. The monoisotopic (exact) mass is 343 g/mol. The van der Waals surface area contributed by atoms with Crippen LogP contribution in [0.25, 0.3) is 0 Å². The standard InChI is InChI=1S/C16H16Cl3NO/c1-2-10(9-20)13-7-11(17)3-6-16(13)21-12-4-5-14(18)15(19)8-12/h3-8,10H,2,9,20H2,1H3. The molecule has 2 N–H and O–H groups in total. The first-order valence-electron chi connectivity index (χ1n) is 6.67. The molecular formula is C16H16Cl3NO. The first-order chi connectivity index (χ1) is 10.0. The fraction of sp³-hybridized carbons (Fsp3) is 0.250. The second-order valence-corrected chi connectivity index (χ2v) is 5.95. The quantitative estimate of drug-likeness (QED) is 0.733. The van der Waals surface area contributed by atoms with Crippen LogP contribution < -0.4 is 10.5 Å². The minimum atomic E-state index is 0.196. The largest absolute Gasteiger partial charge is 0.457 e. The number of rotatable bonds is 5. The maximum absolute atomic E-state index is 6.09. The molecule has 2 nitrogen and oxygen atoms in total. The van der Waals surface area contributed by atoms with Gasteiger partial charge in [0.05, 0.1) is 10.0 Å². The molecule has 0 bridgehead atoms. The van der Waals surface area contributed by atoms with Crippen molar-refractivity contribution >= 4 is 34.8 Å². The van der Waals surface area contributed by atoms with Gasteiger partial charge in [-0.3, -0.25) is 0 Å². The fourth-order valence-corrected chi connectivity index (χ4v) is 2.58. The van der Waals surface area contributed by atoms with Gasteiger partial charge < -0.3 is 10.5 Å². The molecule has 2 aromatic carbocycles. The highest BCUT2D eigenvalue weighted by molar-refractivity contribution is 6.42. The van der Waals surface area contributed by atoms with E-state index in [1.165, 1.54) is 0 Å². The van der Waals surface area contributed by atoms with Crippen LogP contribution in [0.2, 0.25) is 15.1 Å². The molecule has 21 heavy (non-hydrogen) atoms. The van der Waals surface area contributed by atoms with Crippen molar-refractivity contribution < 1.29 is 4.74 Å². The van der Waals surface area contributed by atoms with E-state index in [0.717, 1.165) is 17.7 Å². The van der Waals surface area contributed by atoms with Crippen LogP contribution in [-0.4, -0.2) is 6.54 Å². The molecule has 0 spiro atoms. The van der Waals surface area contributed by atoms with Gasteiger partial charge in [0.25, 0.3) is 0 Å². The molecule has 0 saturated carbocycles. The van der Waals surface area contributed by atoms with E-state index in [1.54, 1.807) is 24.3 Å². The molecule has 1 unspecified atom stereocenters. The number of benzene rings is 2. The van der Waals surface area contributed by atoms with Crippen LogP contribution in [0.1, 0.15) is 24.8 Å². The third kappa shape index (κ3) is 4.04. The van der Waals surface area contributed by atoms with Crippen molar-refractivity contribution in [3.63, 3.8) is 0 Å². The molecule has 0 fully saturated rings. The summed E-state index contributed by atoms with van der Waals surface area (Å²) in [6, 6.07) is 10.7. The number of ether oxygens (including phenoxy) is 1. The molecule has 2 aromatic rings. The van der Waals surface area contributed by atoms with Crippen molar-refractivity contribution in [2.45, 2.75) is 19.3 Å². The zero-order valence-corrected chi connectivity index (χ0v) is 13.8. The highest BCUT2D eigenvalue weighted by Crippen LogP contribution is 2.35. The molecule has 0 aliphatic carbocycles. The fourth-order valence-electron chi connectivity index (χ4n) is 2.11. The van der Waals surface area contributed by atoms with E-state index in [0.29, 0.717) is 27.4 Å².